The van der Waals surface area contributed by atoms with Crippen molar-refractivity contribution in [1.29, 1.82) is 0 Å². The molecule has 0 radical (unpaired) electrons. The van der Waals surface area contributed by atoms with Crippen LogP contribution in [0.5, 0.6) is 0 Å². The summed E-state index contributed by atoms with van der Waals surface area (Å²) >= 11 is 0. The Kier molecular flexibility index (Phi) is 15.2. The number of rotatable bonds is 2. The first-order chi connectivity index (χ1) is 2.41. The Bertz CT molecular complexity index is 39.7. The van der Waals surface area contributed by atoms with Crippen LogP contribution >= 0.6 is 0 Å². The zero-order valence-electron chi connectivity index (χ0n) is 5.98. The van der Waals surface area contributed by atoms with Crippen molar-refractivity contribution >= 4 is 37.7 Å². The molecule has 0 spiro atoms. The Hall–Kier alpha value is 0.740. The van der Waals surface area contributed by atoms with Gasteiger partial charge in [-0.05, 0) is 6.42 Å². The fourth-order valence-electron chi connectivity index (χ4n) is 0.118. The molecule has 0 saturated carbocycles. The predicted molar refractivity (Wildman–Crippen MR) is 33.0 cm³/mol. The van der Waals surface area contributed by atoms with Crippen LogP contribution in [0.4, 0.5) is 0 Å². The van der Waals surface area contributed by atoms with Crippen LogP contribution in [0, 0.1) is 0 Å². The second-order valence-electron chi connectivity index (χ2n) is 0.813. The summed E-state index contributed by atoms with van der Waals surface area (Å²) in [6.45, 7) is 6.96. The molecule has 0 nitrogen and oxygen atoms in total. The van der Waals surface area contributed by atoms with E-state index in [0.717, 1.165) is 6.42 Å². The van der Waals surface area contributed by atoms with Crippen LogP contribution in [0.25, 0.3) is 0 Å². The van der Waals surface area contributed by atoms with E-state index in [4.69, 9.17) is 0 Å². The molecule has 0 aliphatic rings. The maximum Gasteiger partial charge on any atom is 2.00 e. The van der Waals surface area contributed by atoms with Crippen LogP contribution in [0.1, 0.15) is 9.27 Å². The summed E-state index contributed by atoms with van der Waals surface area (Å²) < 4.78 is 0. The maximum atomic E-state index is 3.48. The molecule has 0 rings (SSSR count). The van der Waals surface area contributed by atoms with Crippen LogP contribution < -0.4 is 0 Å². The van der Waals surface area contributed by atoms with Gasteiger partial charge in [-0.1, -0.05) is 12.2 Å². The number of hydrogen-bond acceptors (Lipinski definition) is 0. The van der Waals surface area contributed by atoms with Crippen molar-refractivity contribution < 1.29 is 2.85 Å². The summed E-state index contributed by atoms with van der Waals surface area (Å²) in [4.78, 5) is 0. The van der Waals surface area contributed by atoms with Crippen LogP contribution in [-0.2, 0) is 0 Å². The minimum atomic E-state index is 0. The molecule has 32 valence electrons. The Morgan fingerprint density at radius 2 is 1.67 bits per heavy atom. The van der Waals surface area contributed by atoms with Crippen LogP contribution in [0.3, 0.4) is 0 Å². The molecule has 0 aliphatic carbocycles. The van der Waals surface area contributed by atoms with E-state index in [1.807, 2.05) is 12.2 Å². The molecule has 0 aromatic rings. The van der Waals surface area contributed by atoms with Gasteiger partial charge in [-0.2, -0.15) is 0 Å². The summed E-state index contributed by atoms with van der Waals surface area (Å²) in [5.74, 6) is 0. The average Bonchev–Trinajstić information content (AvgIpc) is 1.41. The molecule has 6 heavy (non-hydrogen) atoms. The molecule has 1 heteroatoms. The van der Waals surface area contributed by atoms with E-state index in [1.165, 1.54) is 0 Å². The third kappa shape index (κ3) is 8.83. The smallest absolute Gasteiger partial charge is 1.00 e. The van der Waals surface area contributed by atoms with Gasteiger partial charge < -0.3 is 2.85 Å². The molecule has 0 saturated heterocycles. The van der Waals surface area contributed by atoms with Crippen LogP contribution in [-0.4, -0.2) is 37.7 Å². The van der Waals surface area contributed by atoms with E-state index >= 15 is 0 Å². The molecule has 0 aromatic carbocycles. The number of allylic oxidation sites excluding steroid dienone is 2. The minimum Gasteiger partial charge on any atom is -1.00 e. The van der Waals surface area contributed by atoms with Crippen LogP contribution in [0.15, 0.2) is 25.3 Å². The van der Waals surface area contributed by atoms with Gasteiger partial charge in [0, 0.05) is 0 Å². The van der Waals surface area contributed by atoms with E-state index in [2.05, 4.69) is 13.2 Å². The number of hydrogen-bond donors (Lipinski definition) is 0. The van der Waals surface area contributed by atoms with E-state index < -0.39 is 0 Å². The van der Waals surface area contributed by atoms with Gasteiger partial charge in [-0.15, -0.1) is 13.2 Å². The van der Waals surface area contributed by atoms with Gasteiger partial charge in [0.2, 0.25) is 0 Å². The van der Waals surface area contributed by atoms with E-state index in [0.29, 0.717) is 0 Å². The molecular formula is C5H10Ca. The molecule has 0 fully saturated rings. The first-order valence-electron chi connectivity index (χ1n) is 1.63. The normalized spacial score (nSPS) is 5.33. The van der Waals surface area contributed by atoms with Gasteiger partial charge in [0.05, 0.1) is 0 Å². The second kappa shape index (κ2) is 9.22. The summed E-state index contributed by atoms with van der Waals surface area (Å²) in [5, 5.41) is 0. The molecule has 0 bridgehead atoms. The first-order valence-corrected chi connectivity index (χ1v) is 1.63. The van der Waals surface area contributed by atoms with Gasteiger partial charge >= 0.3 is 37.7 Å². The van der Waals surface area contributed by atoms with Gasteiger partial charge in [-0.3, -0.25) is 0 Å². The topological polar surface area (TPSA) is 0 Å². The summed E-state index contributed by atoms with van der Waals surface area (Å²) in [6.07, 6.45) is 4.54. The molecule has 0 heterocycles. The average molecular weight is 110 g/mol. The van der Waals surface area contributed by atoms with Crippen molar-refractivity contribution in [2.24, 2.45) is 0 Å². The molecule has 0 unspecified atom stereocenters. The van der Waals surface area contributed by atoms with Crippen molar-refractivity contribution in [2.45, 2.75) is 6.42 Å². The van der Waals surface area contributed by atoms with Gasteiger partial charge in [0.15, 0.2) is 0 Å². The Balaban J connectivity index is -0.0000000267. The third-order valence-corrected chi connectivity index (χ3v) is 0.333. The predicted octanol–water partition coefficient (Wildman–Crippen LogP) is 1.59. The quantitative estimate of drug-likeness (QED) is 0.374. The van der Waals surface area contributed by atoms with Crippen molar-refractivity contribution in [1.82, 2.24) is 0 Å². The Morgan fingerprint density at radius 3 is 1.67 bits per heavy atom. The first kappa shape index (κ1) is 9.88. The maximum absolute atomic E-state index is 3.48. The molecule has 0 aliphatic heterocycles. The fourth-order valence-corrected chi connectivity index (χ4v) is 0.118. The van der Waals surface area contributed by atoms with Crippen molar-refractivity contribution in [3.8, 4) is 0 Å². The standard InChI is InChI=1S/C5H8.Ca.2H/c1-3-5-4-2;;;/h3-4H,1-2,5H2;;;/q;+2;2*-1. The van der Waals surface area contributed by atoms with Gasteiger partial charge in [0.1, 0.15) is 0 Å². The SMILES string of the molecule is C=CCC=C.[Ca+2].[H-].[H-]. The molecule has 0 aromatic heterocycles. The molecule has 0 atom stereocenters. The zero-order valence-corrected chi connectivity index (χ0v) is 6.19. The third-order valence-electron chi connectivity index (χ3n) is 0.333. The molecular weight excluding hydrogens is 100 g/mol. The largest absolute Gasteiger partial charge is 2.00 e. The molecule has 0 N–H and O–H groups in total. The monoisotopic (exact) mass is 110 g/mol. The second-order valence-corrected chi connectivity index (χ2v) is 0.813. The summed E-state index contributed by atoms with van der Waals surface area (Å²) in [7, 11) is 0. The van der Waals surface area contributed by atoms with Gasteiger partial charge in [0.25, 0.3) is 0 Å². The summed E-state index contributed by atoms with van der Waals surface area (Å²) in [5.41, 5.74) is 0. The van der Waals surface area contributed by atoms with Gasteiger partial charge in [-0.25, -0.2) is 0 Å². The molecule has 0 amide bonds. The minimum absolute atomic E-state index is 0. The fraction of sp³-hybridized carbons (Fsp3) is 0.200. The van der Waals surface area contributed by atoms with Crippen LogP contribution in [0.2, 0.25) is 0 Å². The Morgan fingerprint density at radius 1 is 1.33 bits per heavy atom. The van der Waals surface area contributed by atoms with E-state index in [-0.39, 0.29) is 40.6 Å². The zero-order chi connectivity index (χ0) is 4.12. The van der Waals surface area contributed by atoms with E-state index in [1.54, 1.807) is 0 Å². The van der Waals surface area contributed by atoms with Crippen molar-refractivity contribution in [2.75, 3.05) is 0 Å². The van der Waals surface area contributed by atoms with Crippen molar-refractivity contribution in [3.63, 3.8) is 0 Å². The van der Waals surface area contributed by atoms with E-state index in [9.17, 15) is 0 Å². The summed E-state index contributed by atoms with van der Waals surface area (Å²) in [6, 6.07) is 0. The van der Waals surface area contributed by atoms with Crippen molar-refractivity contribution in [3.05, 3.63) is 25.3 Å². The Labute approximate surface area is 71.9 Å².